The predicted octanol–water partition coefficient (Wildman–Crippen LogP) is 5.62. The molecule has 2 atom stereocenters. The van der Waals surface area contributed by atoms with Crippen molar-refractivity contribution in [3.63, 3.8) is 0 Å². The van der Waals surface area contributed by atoms with Crippen LogP contribution in [0.15, 0.2) is 25.3 Å². The summed E-state index contributed by atoms with van der Waals surface area (Å²) in [4.78, 5) is 27.4. The van der Waals surface area contributed by atoms with Crippen molar-refractivity contribution < 1.29 is 19.1 Å². The lowest BCUT2D eigenvalue weighted by Gasteiger charge is -2.33. The fraction of sp³-hybridized carbons (Fsp3) is 0.778. The minimum Gasteiger partial charge on any atom is -0.468 e. The monoisotopic (exact) mass is 468 g/mol. The Hall–Kier alpha value is -1.66. The standard InChI is InChI=1S/C14H27NO2.C13H25NO2/c1-6-7-8-9-10-11-12-14(2,15(3)4)13(16)17-5;1-6-7-8-9-10-11-13(2,14(3)4)12(15)16-5/h6H,1,7-12H2,2-5H3;6H,1,7-11H2,2-5H3. The molecule has 0 spiro atoms. The zero-order valence-electron chi connectivity index (χ0n) is 22.9. The molecule has 0 fully saturated rings. The fourth-order valence-electron chi connectivity index (χ4n) is 3.50. The second kappa shape index (κ2) is 18.7. The minimum atomic E-state index is -0.497. The molecule has 0 aromatic carbocycles. The van der Waals surface area contributed by atoms with E-state index in [0.717, 1.165) is 57.8 Å². The Balaban J connectivity index is 0. The maximum Gasteiger partial charge on any atom is 0.325 e. The highest BCUT2D eigenvalue weighted by atomic mass is 16.5. The number of hydrogen-bond acceptors (Lipinski definition) is 6. The Kier molecular flexibility index (Phi) is 19.0. The Morgan fingerprint density at radius 1 is 0.667 bits per heavy atom. The largest absolute Gasteiger partial charge is 0.468 e. The van der Waals surface area contributed by atoms with Crippen LogP contribution in [-0.4, -0.2) is 75.2 Å². The number of methoxy groups -OCH3 is 2. The van der Waals surface area contributed by atoms with Crippen molar-refractivity contribution in [3.05, 3.63) is 25.3 Å². The summed E-state index contributed by atoms with van der Waals surface area (Å²) in [5.74, 6) is -0.296. The molecule has 0 radical (unpaired) electrons. The van der Waals surface area contributed by atoms with Gasteiger partial charge in [0.25, 0.3) is 0 Å². The lowest BCUT2D eigenvalue weighted by molar-refractivity contribution is -0.154. The summed E-state index contributed by atoms with van der Waals surface area (Å²) < 4.78 is 9.74. The van der Waals surface area contributed by atoms with Gasteiger partial charge in [0, 0.05) is 0 Å². The van der Waals surface area contributed by atoms with Gasteiger partial charge in [-0.15, -0.1) is 13.2 Å². The number of unbranched alkanes of at least 4 members (excludes halogenated alkanes) is 7. The van der Waals surface area contributed by atoms with Crippen LogP contribution >= 0.6 is 0 Å². The Morgan fingerprint density at radius 2 is 0.970 bits per heavy atom. The summed E-state index contributed by atoms with van der Waals surface area (Å²) in [6.07, 6.45) is 15.7. The third kappa shape index (κ3) is 13.0. The molecule has 0 rings (SSSR count). The lowest BCUT2D eigenvalue weighted by atomic mass is 9.92. The Labute approximate surface area is 204 Å². The van der Waals surface area contributed by atoms with Crippen LogP contribution in [0, 0.1) is 0 Å². The smallest absolute Gasteiger partial charge is 0.325 e. The first kappa shape index (κ1) is 33.5. The van der Waals surface area contributed by atoms with Gasteiger partial charge >= 0.3 is 11.9 Å². The van der Waals surface area contributed by atoms with Crippen molar-refractivity contribution in [2.24, 2.45) is 0 Å². The molecule has 0 aliphatic heterocycles. The lowest BCUT2D eigenvalue weighted by Crippen LogP contribution is -2.49. The topological polar surface area (TPSA) is 59.1 Å². The molecule has 0 aliphatic carbocycles. The summed E-state index contributed by atoms with van der Waals surface area (Å²) in [7, 11) is 10.6. The van der Waals surface area contributed by atoms with Gasteiger partial charge in [-0.1, -0.05) is 44.3 Å². The minimum absolute atomic E-state index is 0.145. The van der Waals surface area contributed by atoms with Crippen LogP contribution in [0.2, 0.25) is 0 Å². The number of rotatable bonds is 17. The molecular weight excluding hydrogens is 416 g/mol. The molecule has 0 saturated heterocycles. The molecule has 0 saturated carbocycles. The van der Waals surface area contributed by atoms with E-state index in [2.05, 4.69) is 13.2 Å². The van der Waals surface area contributed by atoms with Gasteiger partial charge in [-0.05, 0) is 80.6 Å². The number of ether oxygens (including phenoxy) is 2. The molecule has 33 heavy (non-hydrogen) atoms. The number of esters is 2. The van der Waals surface area contributed by atoms with Gasteiger partial charge in [0.05, 0.1) is 14.2 Å². The van der Waals surface area contributed by atoms with E-state index in [9.17, 15) is 9.59 Å². The van der Waals surface area contributed by atoms with E-state index in [1.807, 2.05) is 64.0 Å². The van der Waals surface area contributed by atoms with Crippen molar-refractivity contribution in [1.29, 1.82) is 0 Å². The second-order valence-corrected chi connectivity index (χ2v) is 9.45. The van der Waals surface area contributed by atoms with Crippen molar-refractivity contribution >= 4 is 11.9 Å². The maximum absolute atomic E-state index is 11.8. The van der Waals surface area contributed by atoms with Gasteiger partial charge in [0.2, 0.25) is 0 Å². The highest BCUT2D eigenvalue weighted by molar-refractivity contribution is 5.80. The van der Waals surface area contributed by atoms with Crippen molar-refractivity contribution in [2.45, 2.75) is 95.6 Å². The molecule has 0 bridgehead atoms. The first-order valence-electron chi connectivity index (χ1n) is 12.2. The molecule has 6 heteroatoms. The molecular formula is C27H52N2O4. The zero-order valence-corrected chi connectivity index (χ0v) is 22.9. The highest BCUT2D eigenvalue weighted by Crippen LogP contribution is 2.23. The number of hydrogen-bond donors (Lipinski definition) is 0. The number of likely N-dealkylation sites (N-methyl/N-ethyl adjacent to an activating group) is 2. The second-order valence-electron chi connectivity index (χ2n) is 9.45. The number of allylic oxidation sites excluding steroid dienone is 2. The molecule has 6 nitrogen and oxygen atoms in total. The zero-order chi connectivity index (χ0) is 25.9. The third-order valence-electron chi connectivity index (χ3n) is 6.62. The average molecular weight is 469 g/mol. The molecule has 0 aliphatic rings. The van der Waals surface area contributed by atoms with Gasteiger partial charge in [0.15, 0.2) is 0 Å². The normalized spacial score (nSPS) is 14.5. The fourth-order valence-corrected chi connectivity index (χ4v) is 3.50. The average Bonchev–Trinajstić information content (AvgIpc) is 2.79. The molecule has 0 amide bonds. The predicted molar refractivity (Wildman–Crippen MR) is 139 cm³/mol. The van der Waals surface area contributed by atoms with Crippen LogP contribution in [0.3, 0.4) is 0 Å². The summed E-state index contributed by atoms with van der Waals surface area (Å²) >= 11 is 0. The molecule has 0 heterocycles. The van der Waals surface area contributed by atoms with Gasteiger partial charge in [-0.2, -0.15) is 0 Å². The summed E-state index contributed by atoms with van der Waals surface area (Å²) in [6.45, 7) is 11.3. The Morgan fingerprint density at radius 3 is 1.24 bits per heavy atom. The maximum atomic E-state index is 11.8. The summed E-state index contributed by atoms with van der Waals surface area (Å²) in [5, 5.41) is 0. The van der Waals surface area contributed by atoms with E-state index in [1.54, 1.807) is 0 Å². The van der Waals surface area contributed by atoms with Crippen LogP contribution in [0.25, 0.3) is 0 Å². The number of carbonyl (C=O) groups is 2. The molecule has 2 unspecified atom stereocenters. The summed E-state index contributed by atoms with van der Waals surface area (Å²) in [6, 6.07) is 0. The summed E-state index contributed by atoms with van der Waals surface area (Å²) in [5.41, 5.74) is -0.990. The van der Waals surface area contributed by atoms with Crippen LogP contribution in [0.4, 0.5) is 0 Å². The Bertz CT molecular complexity index is 562. The number of nitrogens with zero attached hydrogens (tertiary/aromatic N) is 2. The van der Waals surface area contributed by atoms with E-state index in [-0.39, 0.29) is 11.9 Å². The van der Waals surface area contributed by atoms with Crippen LogP contribution in [0.5, 0.6) is 0 Å². The molecule has 0 aromatic rings. The molecule has 0 N–H and O–H groups in total. The van der Waals surface area contributed by atoms with Crippen LogP contribution in [0.1, 0.15) is 84.5 Å². The molecule has 194 valence electrons. The first-order chi connectivity index (χ1) is 15.5. The SMILES string of the molecule is C=CCCCCCC(C)(C(=O)OC)N(C)C.C=CCCCCCCC(C)(C(=O)OC)N(C)C. The van der Waals surface area contributed by atoms with Gasteiger partial charge < -0.3 is 9.47 Å². The van der Waals surface area contributed by atoms with Crippen molar-refractivity contribution in [3.8, 4) is 0 Å². The first-order valence-corrected chi connectivity index (χ1v) is 12.2. The van der Waals surface area contributed by atoms with Gasteiger partial charge in [0.1, 0.15) is 11.1 Å². The highest BCUT2D eigenvalue weighted by Gasteiger charge is 2.36. The number of carbonyl (C=O) groups excluding carboxylic acids is 2. The van der Waals surface area contributed by atoms with E-state index in [0.29, 0.717) is 0 Å². The quantitative estimate of drug-likeness (QED) is 0.157. The van der Waals surface area contributed by atoms with E-state index in [4.69, 9.17) is 9.47 Å². The van der Waals surface area contributed by atoms with Gasteiger partial charge in [-0.3, -0.25) is 19.4 Å². The van der Waals surface area contributed by atoms with Gasteiger partial charge in [-0.25, -0.2) is 0 Å². The van der Waals surface area contributed by atoms with Crippen LogP contribution in [-0.2, 0) is 19.1 Å². The van der Waals surface area contributed by atoms with E-state index >= 15 is 0 Å². The molecule has 0 aromatic heterocycles. The van der Waals surface area contributed by atoms with Crippen LogP contribution < -0.4 is 0 Å². The third-order valence-corrected chi connectivity index (χ3v) is 6.62. The van der Waals surface area contributed by atoms with E-state index in [1.165, 1.54) is 27.1 Å². The van der Waals surface area contributed by atoms with Crippen molar-refractivity contribution in [1.82, 2.24) is 9.80 Å². The van der Waals surface area contributed by atoms with Crippen molar-refractivity contribution in [2.75, 3.05) is 42.4 Å². The van der Waals surface area contributed by atoms with E-state index < -0.39 is 11.1 Å².